The zero-order chi connectivity index (χ0) is 11.3. The van der Waals surface area contributed by atoms with Crippen LogP contribution < -0.4 is 5.43 Å². The summed E-state index contributed by atoms with van der Waals surface area (Å²) in [4.78, 5) is 0. The number of nitrogens with zero attached hydrogens (tertiary/aromatic N) is 3. The summed E-state index contributed by atoms with van der Waals surface area (Å²) < 4.78 is 1.10. The van der Waals surface area contributed by atoms with Crippen LogP contribution in [0.5, 0.6) is 0 Å². The lowest BCUT2D eigenvalue weighted by Crippen LogP contribution is -1.96. The standard InChI is InChI=1S/C10H7IN4/c1-7-2-3-8(4-10(7)11)14-15-9(5-12)6-13/h2-4,14H,1H3. The smallest absolute Gasteiger partial charge is 0.237 e. The molecule has 1 N–H and O–H groups in total. The molecule has 5 heteroatoms. The summed E-state index contributed by atoms with van der Waals surface area (Å²) >= 11 is 2.21. The van der Waals surface area contributed by atoms with Gasteiger partial charge in [0.2, 0.25) is 5.71 Å². The van der Waals surface area contributed by atoms with Gasteiger partial charge in [0.15, 0.2) is 0 Å². The van der Waals surface area contributed by atoms with Crippen molar-refractivity contribution >= 4 is 34.0 Å². The highest BCUT2D eigenvalue weighted by atomic mass is 127. The second kappa shape index (κ2) is 5.32. The molecule has 1 aromatic rings. The van der Waals surface area contributed by atoms with Crippen LogP contribution >= 0.6 is 22.6 Å². The molecule has 0 bridgehead atoms. The van der Waals surface area contributed by atoms with Crippen molar-refractivity contribution in [1.29, 1.82) is 10.5 Å². The van der Waals surface area contributed by atoms with E-state index < -0.39 is 0 Å². The van der Waals surface area contributed by atoms with Crippen molar-refractivity contribution in [1.82, 2.24) is 0 Å². The first-order valence-electron chi connectivity index (χ1n) is 4.07. The Kier molecular flexibility index (Phi) is 4.07. The third-order valence-corrected chi connectivity index (χ3v) is 2.84. The van der Waals surface area contributed by atoms with Crippen LogP contribution in [0.2, 0.25) is 0 Å². The molecule has 0 amide bonds. The van der Waals surface area contributed by atoms with Crippen LogP contribution in [0.15, 0.2) is 23.3 Å². The first-order valence-corrected chi connectivity index (χ1v) is 5.15. The lowest BCUT2D eigenvalue weighted by atomic mass is 10.2. The summed E-state index contributed by atoms with van der Waals surface area (Å²) in [5.74, 6) is 0. The number of halogens is 1. The molecule has 1 aromatic carbocycles. The number of hydrogen-bond donors (Lipinski definition) is 1. The van der Waals surface area contributed by atoms with Crippen LogP contribution in [0.1, 0.15) is 5.56 Å². The molecule has 0 aliphatic rings. The quantitative estimate of drug-likeness (QED) is 0.518. The third-order valence-electron chi connectivity index (χ3n) is 1.68. The van der Waals surface area contributed by atoms with Gasteiger partial charge < -0.3 is 0 Å². The fourth-order valence-corrected chi connectivity index (χ4v) is 1.37. The van der Waals surface area contributed by atoms with Gasteiger partial charge in [0, 0.05) is 3.57 Å². The van der Waals surface area contributed by atoms with Crippen LogP contribution in [-0.4, -0.2) is 5.71 Å². The number of aryl methyl sites for hydroxylation is 1. The van der Waals surface area contributed by atoms with E-state index in [2.05, 4.69) is 33.1 Å². The first kappa shape index (κ1) is 11.5. The second-order valence-corrected chi connectivity index (χ2v) is 3.92. The van der Waals surface area contributed by atoms with Gasteiger partial charge in [0.1, 0.15) is 12.1 Å². The Hall–Kier alpha value is -1.60. The number of rotatable bonds is 2. The molecule has 15 heavy (non-hydrogen) atoms. The van der Waals surface area contributed by atoms with E-state index in [9.17, 15) is 0 Å². The van der Waals surface area contributed by atoms with Crippen molar-refractivity contribution < 1.29 is 0 Å². The van der Waals surface area contributed by atoms with Crippen LogP contribution in [0.3, 0.4) is 0 Å². The molecule has 0 fully saturated rings. The summed E-state index contributed by atoms with van der Waals surface area (Å²) in [5, 5.41) is 20.6. The minimum absolute atomic E-state index is 0.189. The normalized spacial score (nSPS) is 8.53. The molecule has 74 valence electrons. The van der Waals surface area contributed by atoms with E-state index in [0.717, 1.165) is 9.26 Å². The summed E-state index contributed by atoms with van der Waals surface area (Å²) in [5.41, 5.74) is 4.39. The number of anilines is 1. The Labute approximate surface area is 101 Å². The van der Waals surface area contributed by atoms with Gasteiger partial charge in [0.25, 0.3) is 0 Å². The molecule has 1 rings (SSSR count). The van der Waals surface area contributed by atoms with Gasteiger partial charge in [0.05, 0.1) is 5.69 Å². The Morgan fingerprint density at radius 2 is 2.07 bits per heavy atom. The van der Waals surface area contributed by atoms with Gasteiger partial charge >= 0.3 is 0 Å². The van der Waals surface area contributed by atoms with Crippen molar-refractivity contribution in [3.63, 3.8) is 0 Å². The highest BCUT2D eigenvalue weighted by molar-refractivity contribution is 14.1. The Balaban J connectivity index is 2.84. The van der Waals surface area contributed by atoms with E-state index in [4.69, 9.17) is 10.5 Å². The van der Waals surface area contributed by atoms with Gasteiger partial charge in [-0.1, -0.05) is 6.07 Å². The average Bonchev–Trinajstić information content (AvgIpc) is 2.24. The maximum Gasteiger partial charge on any atom is 0.237 e. The van der Waals surface area contributed by atoms with E-state index in [1.807, 2.05) is 25.1 Å². The van der Waals surface area contributed by atoms with Crippen molar-refractivity contribution in [3.05, 3.63) is 27.3 Å². The molecule has 0 heterocycles. The largest absolute Gasteiger partial charge is 0.276 e. The fraction of sp³-hybridized carbons (Fsp3) is 0.100. The maximum absolute atomic E-state index is 8.46. The number of hydrazone groups is 1. The molecule has 0 unspecified atom stereocenters. The van der Waals surface area contributed by atoms with Gasteiger partial charge in [-0.15, -0.1) is 0 Å². The monoisotopic (exact) mass is 310 g/mol. The van der Waals surface area contributed by atoms with Crippen molar-refractivity contribution in [2.75, 3.05) is 5.43 Å². The minimum atomic E-state index is -0.189. The predicted octanol–water partition coefficient (Wildman–Crippen LogP) is 2.41. The highest BCUT2D eigenvalue weighted by Crippen LogP contribution is 2.16. The molecule has 4 nitrogen and oxygen atoms in total. The summed E-state index contributed by atoms with van der Waals surface area (Å²) in [6.07, 6.45) is 0. The second-order valence-electron chi connectivity index (χ2n) is 2.76. The van der Waals surface area contributed by atoms with Crippen molar-refractivity contribution in [2.45, 2.75) is 6.92 Å². The number of nitrogens with one attached hydrogen (secondary N) is 1. The Morgan fingerprint density at radius 3 is 2.60 bits per heavy atom. The topological polar surface area (TPSA) is 72.0 Å². The molecule has 0 saturated carbocycles. The average molecular weight is 310 g/mol. The number of nitriles is 2. The lowest BCUT2D eigenvalue weighted by molar-refractivity contribution is 1.32. The van der Waals surface area contributed by atoms with Crippen molar-refractivity contribution in [2.24, 2.45) is 5.10 Å². The van der Waals surface area contributed by atoms with E-state index >= 15 is 0 Å². The SMILES string of the molecule is Cc1ccc(NN=C(C#N)C#N)cc1I. The fourth-order valence-electron chi connectivity index (χ4n) is 0.858. The zero-order valence-corrected chi connectivity index (χ0v) is 10.1. The van der Waals surface area contributed by atoms with Crippen molar-refractivity contribution in [3.8, 4) is 12.1 Å². The van der Waals surface area contributed by atoms with Gasteiger partial charge in [-0.05, 0) is 47.2 Å². The zero-order valence-electron chi connectivity index (χ0n) is 7.95. The number of hydrogen-bond acceptors (Lipinski definition) is 4. The van der Waals surface area contributed by atoms with Gasteiger partial charge in [-0.3, -0.25) is 5.43 Å². The van der Waals surface area contributed by atoms with Gasteiger partial charge in [-0.25, -0.2) is 0 Å². The summed E-state index contributed by atoms with van der Waals surface area (Å²) in [6.45, 7) is 2.00. The molecule has 0 saturated heterocycles. The molecule has 0 atom stereocenters. The molecule has 0 aromatic heterocycles. The minimum Gasteiger partial charge on any atom is -0.276 e. The van der Waals surface area contributed by atoms with E-state index in [0.29, 0.717) is 0 Å². The highest BCUT2D eigenvalue weighted by Gasteiger charge is 1.97. The van der Waals surface area contributed by atoms with E-state index in [1.54, 1.807) is 12.1 Å². The number of benzene rings is 1. The maximum atomic E-state index is 8.46. The third kappa shape index (κ3) is 3.22. The van der Waals surface area contributed by atoms with Gasteiger partial charge in [-0.2, -0.15) is 15.6 Å². The molecule has 0 spiro atoms. The lowest BCUT2D eigenvalue weighted by Gasteiger charge is -2.02. The van der Waals surface area contributed by atoms with Crippen LogP contribution in [0.25, 0.3) is 0 Å². The molecular weight excluding hydrogens is 303 g/mol. The Morgan fingerprint density at radius 1 is 1.40 bits per heavy atom. The van der Waals surface area contributed by atoms with Crippen LogP contribution in [0.4, 0.5) is 5.69 Å². The molecule has 0 aliphatic carbocycles. The first-order chi connectivity index (χ1) is 7.17. The molecule has 0 radical (unpaired) electrons. The molecule has 0 aliphatic heterocycles. The summed E-state index contributed by atoms with van der Waals surface area (Å²) in [7, 11) is 0. The van der Waals surface area contributed by atoms with E-state index in [-0.39, 0.29) is 5.71 Å². The Bertz CT molecular complexity index is 463. The van der Waals surface area contributed by atoms with E-state index in [1.165, 1.54) is 5.56 Å². The van der Waals surface area contributed by atoms with Crippen LogP contribution in [-0.2, 0) is 0 Å². The van der Waals surface area contributed by atoms with Crippen LogP contribution in [0, 0.1) is 33.2 Å². The predicted molar refractivity (Wildman–Crippen MR) is 66.2 cm³/mol. The molecular formula is C10H7IN4. The summed E-state index contributed by atoms with van der Waals surface area (Å²) in [6, 6.07) is 9.02.